The Kier molecular flexibility index (Phi) is 4.45. The average Bonchev–Trinajstić information content (AvgIpc) is 2.33. The predicted molar refractivity (Wildman–Crippen MR) is 78.9 cm³/mol. The van der Waals surface area contributed by atoms with Crippen LogP contribution >= 0.6 is 11.6 Å². The first-order valence-electron chi connectivity index (χ1n) is 6.06. The highest BCUT2D eigenvalue weighted by molar-refractivity contribution is 7.89. The van der Waals surface area contributed by atoms with E-state index in [1.165, 1.54) is 18.2 Å². The molecule has 0 fully saturated rings. The summed E-state index contributed by atoms with van der Waals surface area (Å²) in [6.45, 7) is 1.89. The summed E-state index contributed by atoms with van der Waals surface area (Å²) < 4.78 is 38.0. The van der Waals surface area contributed by atoms with Crippen LogP contribution in [0.5, 0.6) is 0 Å². The van der Waals surface area contributed by atoms with Crippen LogP contribution in [0, 0.1) is 12.7 Å². The Labute approximate surface area is 123 Å². The van der Waals surface area contributed by atoms with Crippen molar-refractivity contribution in [2.75, 3.05) is 0 Å². The zero-order chi connectivity index (χ0) is 14.8. The van der Waals surface area contributed by atoms with Crippen LogP contribution in [-0.2, 0) is 21.3 Å². The minimum absolute atomic E-state index is 0.0295. The molecule has 2 aromatic rings. The Morgan fingerprint density at radius 1 is 1.10 bits per heavy atom. The third-order valence-corrected chi connectivity index (χ3v) is 4.75. The average molecular weight is 313 g/mol. The predicted octanol–water partition coefficient (Wildman–Crippen LogP) is 3.90. The van der Waals surface area contributed by atoms with E-state index in [-0.39, 0.29) is 16.3 Å². The molecular weight excluding hydrogens is 299 g/mol. The lowest BCUT2D eigenvalue weighted by Gasteiger charge is -2.08. The molecule has 0 saturated heterocycles. The third-order valence-electron chi connectivity index (χ3n) is 2.90. The van der Waals surface area contributed by atoms with Crippen molar-refractivity contribution in [3.05, 3.63) is 70.0 Å². The number of aryl methyl sites for hydroxylation is 1. The third kappa shape index (κ3) is 3.81. The summed E-state index contributed by atoms with van der Waals surface area (Å²) >= 11 is 5.86. The summed E-state index contributed by atoms with van der Waals surface area (Å²) in [6, 6.07) is 11.4. The van der Waals surface area contributed by atoms with Gasteiger partial charge in [0.15, 0.2) is 9.84 Å². The van der Waals surface area contributed by atoms with Gasteiger partial charge in [0.1, 0.15) is 5.82 Å². The van der Waals surface area contributed by atoms with E-state index in [1.807, 2.05) is 13.0 Å². The van der Waals surface area contributed by atoms with Crippen molar-refractivity contribution in [3.63, 3.8) is 0 Å². The fourth-order valence-electron chi connectivity index (χ4n) is 2.00. The maximum Gasteiger partial charge on any atom is 0.158 e. The molecule has 5 heteroatoms. The van der Waals surface area contributed by atoms with Gasteiger partial charge in [-0.1, -0.05) is 47.5 Å². The number of halogens is 2. The van der Waals surface area contributed by atoms with Crippen LogP contribution in [0.2, 0.25) is 5.02 Å². The van der Waals surface area contributed by atoms with E-state index in [1.54, 1.807) is 18.2 Å². The van der Waals surface area contributed by atoms with Crippen molar-refractivity contribution < 1.29 is 12.8 Å². The van der Waals surface area contributed by atoms with Crippen LogP contribution in [-0.4, -0.2) is 8.42 Å². The zero-order valence-electron chi connectivity index (χ0n) is 10.9. The van der Waals surface area contributed by atoms with E-state index in [0.29, 0.717) is 5.56 Å². The van der Waals surface area contributed by atoms with E-state index < -0.39 is 21.4 Å². The highest BCUT2D eigenvalue weighted by Crippen LogP contribution is 2.23. The summed E-state index contributed by atoms with van der Waals surface area (Å²) in [5.41, 5.74) is 1.71. The molecule has 0 amide bonds. The highest BCUT2D eigenvalue weighted by atomic mass is 35.5. The molecule has 0 spiro atoms. The van der Waals surface area contributed by atoms with Crippen molar-refractivity contribution in [1.82, 2.24) is 0 Å². The molecule has 0 aliphatic rings. The Hall–Kier alpha value is -1.39. The van der Waals surface area contributed by atoms with Crippen molar-refractivity contribution >= 4 is 21.4 Å². The smallest absolute Gasteiger partial charge is 0.158 e. The summed E-state index contributed by atoms with van der Waals surface area (Å²) in [5, 5.41) is 0.137. The standard InChI is InChI=1S/C15H14ClFO2S/c1-11-4-2-5-12(8-11)9-20(18,19)10-13-14(16)6-3-7-15(13)17/h2-8H,9-10H2,1H3. The largest absolute Gasteiger partial charge is 0.228 e. The topological polar surface area (TPSA) is 34.1 Å². The van der Waals surface area contributed by atoms with Crippen molar-refractivity contribution in [2.45, 2.75) is 18.4 Å². The molecule has 0 saturated carbocycles. The molecule has 0 aromatic heterocycles. The molecule has 0 bridgehead atoms. The van der Waals surface area contributed by atoms with Crippen LogP contribution in [0.15, 0.2) is 42.5 Å². The van der Waals surface area contributed by atoms with Gasteiger partial charge in [0, 0.05) is 10.6 Å². The number of sulfone groups is 1. The Bertz CT molecular complexity index is 706. The van der Waals surface area contributed by atoms with Gasteiger partial charge in [0.25, 0.3) is 0 Å². The van der Waals surface area contributed by atoms with Crippen LogP contribution in [0.1, 0.15) is 16.7 Å². The first kappa shape index (κ1) is 15.0. The van der Waals surface area contributed by atoms with Gasteiger partial charge in [-0.15, -0.1) is 0 Å². The molecule has 0 radical (unpaired) electrons. The molecular formula is C15H14ClFO2S. The molecule has 0 atom stereocenters. The van der Waals surface area contributed by atoms with Gasteiger partial charge in [-0.05, 0) is 24.6 Å². The highest BCUT2D eigenvalue weighted by Gasteiger charge is 2.18. The lowest BCUT2D eigenvalue weighted by Crippen LogP contribution is -2.09. The Balaban J connectivity index is 2.24. The molecule has 0 aliphatic heterocycles. The van der Waals surface area contributed by atoms with Gasteiger partial charge >= 0.3 is 0 Å². The molecule has 0 aliphatic carbocycles. The van der Waals surface area contributed by atoms with Gasteiger partial charge in [-0.2, -0.15) is 0 Å². The summed E-state index contributed by atoms with van der Waals surface area (Å²) in [5.74, 6) is -1.11. The van der Waals surface area contributed by atoms with Crippen LogP contribution < -0.4 is 0 Å². The number of rotatable bonds is 4. The Morgan fingerprint density at radius 2 is 1.80 bits per heavy atom. The second-order valence-electron chi connectivity index (χ2n) is 4.72. The minimum Gasteiger partial charge on any atom is -0.228 e. The summed E-state index contributed by atoms with van der Waals surface area (Å²) in [7, 11) is -3.47. The fraction of sp³-hybridized carbons (Fsp3) is 0.200. The van der Waals surface area contributed by atoms with E-state index in [9.17, 15) is 12.8 Å². The van der Waals surface area contributed by atoms with Gasteiger partial charge in [-0.3, -0.25) is 0 Å². The minimum atomic E-state index is -3.47. The molecule has 2 rings (SSSR count). The number of hydrogen-bond acceptors (Lipinski definition) is 2. The molecule has 0 heterocycles. The zero-order valence-corrected chi connectivity index (χ0v) is 12.5. The van der Waals surface area contributed by atoms with Crippen LogP contribution in [0.3, 0.4) is 0 Å². The normalized spacial score (nSPS) is 11.6. The van der Waals surface area contributed by atoms with Crippen molar-refractivity contribution in [1.29, 1.82) is 0 Å². The monoisotopic (exact) mass is 312 g/mol. The molecule has 106 valence electrons. The lowest BCUT2D eigenvalue weighted by atomic mass is 10.2. The SMILES string of the molecule is Cc1cccc(CS(=O)(=O)Cc2c(F)cccc2Cl)c1. The summed E-state index contributed by atoms with van der Waals surface area (Å²) in [6.07, 6.45) is 0. The van der Waals surface area contributed by atoms with Crippen molar-refractivity contribution in [2.24, 2.45) is 0 Å². The van der Waals surface area contributed by atoms with E-state index in [0.717, 1.165) is 5.56 Å². The van der Waals surface area contributed by atoms with E-state index in [2.05, 4.69) is 0 Å². The first-order chi connectivity index (χ1) is 9.37. The van der Waals surface area contributed by atoms with E-state index in [4.69, 9.17) is 11.6 Å². The van der Waals surface area contributed by atoms with Gasteiger partial charge in [0.2, 0.25) is 0 Å². The van der Waals surface area contributed by atoms with Gasteiger partial charge < -0.3 is 0 Å². The second-order valence-corrected chi connectivity index (χ2v) is 7.19. The maximum absolute atomic E-state index is 13.6. The number of benzene rings is 2. The molecule has 0 unspecified atom stereocenters. The molecule has 2 aromatic carbocycles. The summed E-state index contributed by atoms with van der Waals surface area (Å²) in [4.78, 5) is 0. The fourth-order valence-corrected chi connectivity index (χ4v) is 3.83. The van der Waals surface area contributed by atoms with Crippen LogP contribution in [0.25, 0.3) is 0 Å². The molecule has 2 nitrogen and oxygen atoms in total. The lowest BCUT2D eigenvalue weighted by molar-refractivity contribution is 0.586. The van der Waals surface area contributed by atoms with Crippen LogP contribution in [0.4, 0.5) is 4.39 Å². The first-order valence-corrected chi connectivity index (χ1v) is 8.26. The number of hydrogen-bond donors (Lipinski definition) is 0. The second kappa shape index (κ2) is 5.94. The molecule has 0 N–H and O–H groups in total. The quantitative estimate of drug-likeness (QED) is 0.858. The molecule has 20 heavy (non-hydrogen) atoms. The van der Waals surface area contributed by atoms with Gasteiger partial charge in [-0.25, -0.2) is 12.8 Å². The maximum atomic E-state index is 13.6. The van der Waals surface area contributed by atoms with Gasteiger partial charge in [0.05, 0.1) is 11.5 Å². The van der Waals surface area contributed by atoms with Crippen molar-refractivity contribution in [3.8, 4) is 0 Å². The van der Waals surface area contributed by atoms with E-state index >= 15 is 0 Å². The Morgan fingerprint density at radius 3 is 2.45 bits per heavy atom.